The van der Waals surface area contributed by atoms with Crippen LogP contribution in [0.1, 0.15) is 47.1 Å². The highest BCUT2D eigenvalue weighted by Crippen LogP contribution is 2.28. The average Bonchev–Trinajstić information content (AvgIpc) is 3.38. The predicted octanol–water partition coefficient (Wildman–Crippen LogP) is 4.01. The summed E-state index contributed by atoms with van der Waals surface area (Å²) in [5.74, 6) is -1.57. The number of esters is 1. The molecule has 3 aromatic rings. The Kier molecular flexibility index (Phi) is 5.82. The quantitative estimate of drug-likeness (QED) is 0.607. The molecule has 2 aromatic heterocycles. The number of carbonyl (C=O) groups excluding carboxylic acids is 2. The highest BCUT2D eigenvalue weighted by atomic mass is 32.1. The van der Waals surface area contributed by atoms with Crippen molar-refractivity contribution >= 4 is 28.2 Å². The molecular formula is C22H19FN4O3S. The molecule has 1 aromatic carbocycles. The number of benzene rings is 1. The Hall–Kier alpha value is -3.51. The molecule has 0 bridgehead atoms. The van der Waals surface area contributed by atoms with Crippen LogP contribution in [0, 0.1) is 17.1 Å². The molecule has 4 rings (SSSR count). The van der Waals surface area contributed by atoms with Gasteiger partial charge in [-0.2, -0.15) is 10.4 Å². The standard InChI is InChI=1S/C22H19FN4O3S/c1-13(20(28)25-21-14(12-24)10-11-31-21)30-22(29)19-17-4-2-3-5-18(17)27(26-19)16-8-6-15(23)7-9-16/h6-11,13H,2-5H2,1H3,(H,25,28). The molecule has 1 aliphatic rings. The normalized spacial score (nSPS) is 13.7. The monoisotopic (exact) mass is 438 g/mol. The molecule has 2 heterocycles. The molecule has 0 saturated carbocycles. The number of hydrogen-bond acceptors (Lipinski definition) is 6. The van der Waals surface area contributed by atoms with Crippen LogP contribution in [0.2, 0.25) is 0 Å². The van der Waals surface area contributed by atoms with Gasteiger partial charge in [0.15, 0.2) is 11.8 Å². The van der Waals surface area contributed by atoms with Gasteiger partial charge in [0, 0.05) is 11.3 Å². The van der Waals surface area contributed by atoms with Gasteiger partial charge in [-0.15, -0.1) is 11.3 Å². The maximum Gasteiger partial charge on any atom is 0.359 e. The highest BCUT2D eigenvalue weighted by molar-refractivity contribution is 7.14. The fourth-order valence-electron chi connectivity index (χ4n) is 3.54. The Morgan fingerprint density at radius 2 is 2.00 bits per heavy atom. The first-order valence-electron chi connectivity index (χ1n) is 9.84. The first-order chi connectivity index (χ1) is 15.0. The third-order valence-corrected chi connectivity index (χ3v) is 5.95. The molecule has 9 heteroatoms. The maximum atomic E-state index is 13.3. The summed E-state index contributed by atoms with van der Waals surface area (Å²) in [6.45, 7) is 1.47. The number of halogens is 1. The third-order valence-electron chi connectivity index (χ3n) is 5.12. The van der Waals surface area contributed by atoms with Crippen molar-refractivity contribution in [3.05, 3.63) is 64.0 Å². The number of nitrogens with one attached hydrogen (secondary N) is 1. The summed E-state index contributed by atoms with van der Waals surface area (Å²) < 4.78 is 20.4. The van der Waals surface area contributed by atoms with Gasteiger partial charge in [-0.3, -0.25) is 4.79 Å². The summed E-state index contributed by atoms with van der Waals surface area (Å²) in [4.78, 5) is 25.3. The first-order valence-corrected chi connectivity index (χ1v) is 10.7. The zero-order valence-electron chi connectivity index (χ0n) is 16.7. The van der Waals surface area contributed by atoms with E-state index in [0.717, 1.165) is 30.5 Å². The van der Waals surface area contributed by atoms with E-state index in [0.29, 0.717) is 22.7 Å². The molecule has 1 unspecified atom stereocenters. The van der Waals surface area contributed by atoms with Crippen LogP contribution < -0.4 is 5.32 Å². The van der Waals surface area contributed by atoms with Crippen LogP contribution in [0.25, 0.3) is 5.69 Å². The van der Waals surface area contributed by atoms with Crippen molar-refractivity contribution < 1.29 is 18.7 Å². The van der Waals surface area contributed by atoms with E-state index in [9.17, 15) is 14.0 Å². The van der Waals surface area contributed by atoms with Crippen LogP contribution in [0.4, 0.5) is 9.39 Å². The number of rotatable bonds is 5. The largest absolute Gasteiger partial charge is 0.448 e. The van der Waals surface area contributed by atoms with Crippen molar-refractivity contribution in [2.45, 2.75) is 38.7 Å². The Labute approximate surface area is 182 Å². The minimum Gasteiger partial charge on any atom is -0.448 e. The first kappa shape index (κ1) is 20.8. The van der Waals surface area contributed by atoms with Crippen LogP contribution >= 0.6 is 11.3 Å². The lowest BCUT2D eigenvalue weighted by molar-refractivity contribution is -0.123. The van der Waals surface area contributed by atoms with Gasteiger partial charge >= 0.3 is 5.97 Å². The van der Waals surface area contributed by atoms with Gasteiger partial charge in [-0.1, -0.05) is 0 Å². The molecule has 158 valence electrons. The van der Waals surface area contributed by atoms with Gasteiger partial charge in [0.05, 0.1) is 11.3 Å². The lowest BCUT2D eigenvalue weighted by Gasteiger charge is -2.15. The number of nitriles is 1. The smallest absolute Gasteiger partial charge is 0.359 e. The molecule has 1 amide bonds. The van der Waals surface area contributed by atoms with E-state index in [4.69, 9.17) is 10.00 Å². The number of amides is 1. The second-order valence-electron chi connectivity index (χ2n) is 7.18. The van der Waals surface area contributed by atoms with Crippen LogP contribution in [0.15, 0.2) is 35.7 Å². The minimum absolute atomic E-state index is 0.174. The fourth-order valence-corrected chi connectivity index (χ4v) is 4.28. The van der Waals surface area contributed by atoms with E-state index in [-0.39, 0.29) is 11.5 Å². The summed E-state index contributed by atoms with van der Waals surface area (Å²) in [5.41, 5.74) is 2.89. The second-order valence-corrected chi connectivity index (χ2v) is 8.10. The molecule has 0 radical (unpaired) electrons. The van der Waals surface area contributed by atoms with E-state index < -0.39 is 18.0 Å². The number of ether oxygens (including phenoxy) is 1. The molecule has 1 atom stereocenters. The number of aromatic nitrogens is 2. The second kappa shape index (κ2) is 8.70. The fraction of sp³-hybridized carbons (Fsp3) is 0.273. The molecule has 0 spiro atoms. The van der Waals surface area contributed by atoms with E-state index in [1.165, 1.54) is 30.4 Å². The topological polar surface area (TPSA) is 97.0 Å². The molecule has 0 aliphatic heterocycles. The lowest BCUT2D eigenvalue weighted by atomic mass is 9.95. The van der Waals surface area contributed by atoms with Gasteiger partial charge in [-0.05, 0) is 68.3 Å². The Morgan fingerprint density at radius 3 is 2.74 bits per heavy atom. The number of carbonyl (C=O) groups is 2. The van der Waals surface area contributed by atoms with Gasteiger partial charge in [-0.25, -0.2) is 13.9 Å². The molecule has 31 heavy (non-hydrogen) atoms. The SMILES string of the molecule is CC(OC(=O)c1nn(-c2ccc(F)cc2)c2c1CCCC2)C(=O)Nc1sccc1C#N. The van der Waals surface area contributed by atoms with Crippen molar-refractivity contribution in [2.24, 2.45) is 0 Å². The summed E-state index contributed by atoms with van der Waals surface area (Å²) in [7, 11) is 0. The Bertz CT molecular complexity index is 1180. The molecule has 0 saturated heterocycles. The number of thiophene rings is 1. The summed E-state index contributed by atoms with van der Waals surface area (Å²) in [6, 6.07) is 9.50. The zero-order valence-corrected chi connectivity index (χ0v) is 17.5. The van der Waals surface area contributed by atoms with Crippen LogP contribution in [0.3, 0.4) is 0 Å². The van der Waals surface area contributed by atoms with Gasteiger partial charge in [0.25, 0.3) is 5.91 Å². The van der Waals surface area contributed by atoms with Crippen molar-refractivity contribution in [1.82, 2.24) is 9.78 Å². The Morgan fingerprint density at radius 1 is 1.26 bits per heavy atom. The lowest BCUT2D eigenvalue weighted by Crippen LogP contribution is -2.30. The Balaban J connectivity index is 1.55. The average molecular weight is 438 g/mol. The third kappa shape index (κ3) is 4.20. The molecule has 1 N–H and O–H groups in total. The van der Waals surface area contributed by atoms with Crippen molar-refractivity contribution in [3.63, 3.8) is 0 Å². The minimum atomic E-state index is -1.07. The van der Waals surface area contributed by atoms with Gasteiger partial charge in [0.1, 0.15) is 16.9 Å². The number of nitrogens with zero attached hydrogens (tertiary/aromatic N) is 3. The number of hydrogen-bond donors (Lipinski definition) is 1. The predicted molar refractivity (Wildman–Crippen MR) is 113 cm³/mol. The maximum absolute atomic E-state index is 13.3. The summed E-state index contributed by atoms with van der Waals surface area (Å²) >= 11 is 1.22. The van der Waals surface area contributed by atoms with E-state index >= 15 is 0 Å². The number of fused-ring (bicyclic) bond motifs is 1. The van der Waals surface area contributed by atoms with E-state index in [2.05, 4.69) is 10.4 Å². The number of anilines is 1. The van der Waals surface area contributed by atoms with Crippen molar-refractivity contribution in [1.29, 1.82) is 5.26 Å². The molecule has 7 nitrogen and oxygen atoms in total. The van der Waals surface area contributed by atoms with Gasteiger partial charge < -0.3 is 10.1 Å². The zero-order chi connectivity index (χ0) is 22.0. The van der Waals surface area contributed by atoms with Crippen molar-refractivity contribution in [2.75, 3.05) is 5.32 Å². The summed E-state index contributed by atoms with van der Waals surface area (Å²) in [6.07, 6.45) is 2.25. The van der Waals surface area contributed by atoms with E-state index in [1.54, 1.807) is 28.3 Å². The van der Waals surface area contributed by atoms with Gasteiger partial charge in [0.2, 0.25) is 0 Å². The van der Waals surface area contributed by atoms with Crippen molar-refractivity contribution in [3.8, 4) is 11.8 Å². The van der Waals surface area contributed by atoms with Crippen LogP contribution in [0.5, 0.6) is 0 Å². The molecule has 0 fully saturated rings. The van der Waals surface area contributed by atoms with E-state index in [1.807, 2.05) is 6.07 Å². The molecular weight excluding hydrogens is 419 g/mol. The van der Waals surface area contributed by atoms with Crippen LogP contribution in [-0.2, 0) is 22.4 Å². The summed E-state index contributed by atoms with van der Waals surface area (Å²) in [5, 5.41) is 18.2. The molecule has 1 aliphatic carbocycles. The highest BCUT2D eigenvalue weighted by Gasteiger charge is 2.29. The van der Waals surface area contributed by atoms with Crippen LogP contribution in [-0.4, -0.2) is 27.8 Å².